The van der Waals surface area contributed by atoms with Crippen molar-refractivity contribution in [2.75, 3.05) is 13.1 Å². The first-order valence-electron chi connectivity index (χ1n) is 22.0. The second-order valence-corrected chi connectivity index (χ2v) is 15.4. The molecule has 1 heterocycles. The van der Waals surface area contributed by atoms with Crippen LogP contribution in [0.1, 0.15) is 252 Å². The van der Waals surface area contributed by atoms with E-state index in [9.17, 15) is 0 Å². The van der Waals surface area contributed by atoms with Crippen molar-refractivity contribution in [2.24, 2.45) is 0 Å². The molecule has 2 heteroatoms. The molecule has 0 saturated heterocycles. The lowest BCUT2D eigenvalue weighted by Crippen LogP contribution is -2.39. The van der Waals surface area contributed by atoms with Gasteiger partial charge in [0.2, 0.25) is 0 Å². The van der Waals surface area contributed by atoms with E-state index < -0.39 is 0 Å². The van der Waals surface area contributed by atoms with Crippen LogP contribution >= 0.6 is 0 Å². The molecular weight excluding hydrogens is 556 g/mol. The normalized spacial score (nSPS) is 14.7. The molecule has 0 saturated carbocycles. The zero-order valence-corrected chi connectivity index (χ0v) is 32.5. The molecule has 0 spiro atoms. The minimum atomic E-state index is 0.638. The van der Waals surface area contributed by atoms with Crippen LogP contribution in [0.25, 0.3) is 0 Å². The SMILES string of the molecule is CCCCCCCCCCCCCCCCCN1C=CN(CCCCCCCCC)C1CCCCCCCCCCCCCCC. The summed E-state index contributed by atoms with van der Waals surface area (Å²) in [5, 5.41) is 0. The monoisotopic (exact) mass is 645 g/mol. The van der Waals surface area contributed by atoms with Crippen LogP contribution in [-0.4, -0.2) is 29.1 Å². The van der Waals surface area contributed by atoms with Gasteiger partial charge in [-0.05, 0) is 25.7 Å². The Hall–Kier alpha value is -0.660. The third-order valence-corrected chi connectivity index (χ3v) is 10.8. The van der Waals surface area contributed by atoms with Crippen molar-refractivity contribution in [3.8, 4) is 0 Å². The van der Waals surface area contributed by atoms with Crippen molar-refractivity contribution in [2.45, 2.75) is 258 Å². The largest absolute Gasteiger partial charge is 0.356 e. The molecule has 0 radical (unpaired) electrons. The molecule has 1 unspecified atom stereocenters. The molecule has 0 aromatic heterocycles. The highest BCUT2D eigenvalue weighted by molar-refractivity contribution is 4.97. The molecular formula is C44H88N2. The third-order valence-electron chi connectivity index (χ3n) is 10.8. The van der Waals surface area contributed by atoms with Gasteiger partial charge >= 0.3 is 0 Å². The quantitative estimate of drug-likeness (QED) is 0.0617. The van der Waals surface area contributed by atoms with Crippen LogP contribution in [0.5, 0.6) is 0 Å². The summed E-state index contributed by atoms with van der Waals surface area (Å²) in [5.74, 6) is 0. The maximum absolute atomic E-state index is 2.73. The van der Waals surface area contributed by atoms with Gasteiger partial charge in [-0.1, -0.05) is 226 Å². The van der Waals surface area contributed by atoms with E-state index in [0.717, 1.165) is 0 Å². The molecule has 1 aliphatic rings. The first-order valence-corrected chi connectivity index (χ1v) is 22.0. The van der Waals surface area contributed by atoms with Crippen molar-refractivity contribution < 1.29 is 0 Å². The standard InChI is InChI=1S/C44H88N2/c1-4-7-10-13-16-18-20-22-23-25-27-29-32-35-38-41-46-43-42-45(40-37-34-31-15-12-9-6-3)44(46)39-36-33-30-28-26-24-21-19-17-14-11-8-5-2/h42-44H,4-41H2,1-3H3. The van der Waals surface area contributed by atoms with Crippen LogP contribution < -0.4 is 0 Å². The van der Waals surface area contributed by atoms with Crippen molar-refractivity contribution in [1.29, 1.82) is 0 Å². The molecule has 1 rings (SSSR count). The summed E-state index contributed by atoms with van der Waals surface area (Å²) in [5.41, 5.74) is 0. The van der Waals surface area contributed by atoms with E-state index in [1.807, 2.05) is 0 Å². The van der Waals surface area contributed by atoms with E-state index in [-0.39, 0.29) is 0 Å². The van der Waals surface area contributed by atoms with E-state index >= 15 is 0 Å². The van der Waals surface area contributed by atoms with Crippen molar-refractivity contribution >= 4 is 0 Å². The van der Waals surface area contributed by atoms with Crippen molar-refractivity contribution in [1.82, 2.24) is 9.80 Å². The fourth-order valence-corrected chi connectivity index (χ4v) is 7.60. The summed E-state index contributed by atoms with van der Waals surface area (Å²) >= 11 is 0. The molecule has 0 aliphatic carbocycles. The highest BCUT2D eigenvalue weighted by Gasteiger charge is 2.24. The zero-order chi connectivity index (χ0) is 33.0. The van der Waals surface area contributed by atoms with Crippen LogP contribution in [-0.2, 0) is 0 Å². The molecule has 0 amide bonds. The second kappa shape index (κ2) is 35.6. The predicted molar refractivity (Wildman–Crippen MR) is 210 cm³/mol. The van der Waals surface area contributed by atoms with Gasteiger partial charge < -0.3 is 9.80 Å². The Kier molecular flexibility index (Phi) is 33.6. The van der Waals surface area contributed by atoms with E-state index in [1.165, 1.54) is 244 Å². The van der Waals surface area contributed by atoms with E-state index in [1.54, 1.807) is 0 Å². The Morgan fingerprint density at radius 2 is 0.500 bits per heavy atom. The fourth-order valence-electron chi connectivity index (χ4n) is 7.60. The second-order valence-electron chi connectivity index (χ2n) is 15.4. The molecule has 1 atom stereocenters. The van der Waals surface area contributed by atoms with Gasteiger partial charge in [-0.2, -0.15) is 0 Å². The minimum Gasteiger partial charge on any atom is -0.356 e. The smallest absolute Gasteiger partial charge is 0.101 e. The van der Waals surface area contributed by atoms with E-state index in [2.05, 4.69) is 43.0 Å². The lowest BCUT2D eigenvalue weighted by atomic mass is 10.0. The highest BCUT2D eigenvalue weighted by atomic mass is 15.4. The van der Waals surface area contributed by atoms with Crippen LogP contribution in [0.15, 0.2) is 12.4 Å². The van der Waals surface area contributed by atoms with Gasteiger partial charge in [0, 0.05) is 25.5 Å². The maximum Gasteiger partial charge on any atom is 0.101 e. The molecule has 46 heavy (non-hydrogen) atoms. The maximum atomic E-state index is 2.73. The number of rotatable bonds is 38. The van der Waals surface area contributed by atoms with Gasteiger partial charge in [-0.25, -0.2) is 0 Å². The van der Waals surface area contributed by atoms with E-state index in [4.69, 9.17) is 0 Å². The molecule has 0 fully saturated rings. The van der Waals surface area contributed by atoms with Crippen LogP contribution in [0.4, 0.5) is 0 Å². The average molecular weight is 645 g/mol. The Balaban J connectivity index is 2.16. The van der Waals surface area contributed by atoms with Gasteiger partial charge in [-0.3, -0.25) is 0 Å². The Labute approximate surface area is 292 Å². The van der Waals surface area contributed by atoms with Crippen LogP contribution in [0.3, 0.4) is 0 Å². The summed E-state index contributed by atoms with van der Waals surface area (Å²) < 4.78 is 0. The lowest BCUT2D eigenvalue weighted by Gasteiger charge is -2.33. The van der Waals surface area contributed by atoms with Gasteiger partial charge in [0.25, 0.3) is 0 Å². The average Bonchev–Trinajstić information content (AvgIpc) is 3.45. The molecule has 2 nitrogen and oxygen atoms in total. The van der Waals surface area contributed by atoms with Crippen molar-refractivity contribution in [3.63, 3.8) is 0 Å². The molecule has 0 aromatic rings. The van der Waals surface area contributed by atoms with Crippen LogP contribution in [0, 0.1) is 0 Å². The summed E-state index contributed by atoms with van der Waals surface area (Å²) in [4.78, 5) is 5.45. The van der Waals surface area contributed by atoms with Gasteiger partial charge in [-0.15, -0.1) is 0 Å². The van der Waals surface area contributed by atoms with Gasteiger partial charge in [0.05, 0.1) is 0 Å². The summed E-state index contributed by atoms with van der Waals surface area (Å²) in [6.07, 6.45) is 57.4. The summed E-state index contributed by atoms with van der Waals surface area (Å²) in [6, 6.07) is 0. The first-order chi connectivity index (χ1) is 22.8. The van der Waals surface area contributed by atoms with Gasteiger partial charge in [0.15, 0.2) is 0 Å². The number of hydrogen-bond acceptors (Lipinski definition) is 2. The Morgan fingerprint density at radius 3 is 0.761 bits per heavy atom. The molecule has 274 valence electrons. The van der Waals surface area contributed by atoms with Gasteiger partial charge in [0.1, 0.15) is 6.17 Å². The Morgan fingerprint density at radius 1 is 0.283 bits per heavy atom. The van der Waals surface area contributed by atoms with E-state index in [0.29, 0.717) is 6.17 Å². The number of hydrogen-bond donors (Lipinski definition) is 0. The number of nitrogens with zero attached hydrogens (tertiary/aromatic N) is 2. The number of unbranched alkanes of at least 4 members (excludes halogenated alkanes) is 32. The predicted octanol–water partition coefficient (Wildman–Crippen LogP) is 15.5. The summed E-state index contributed by atoms with van der Waals surface area (Å²) in [7, 11) is 0. The summed E-state index contributed by atoms with van der Waals surface area (Å²) in [6.45, 7) is 9.49. The molecule has 0 aromatic carbocycles. The Bertz CT molecular complexity index is 601. The van der Waals surface area contributed by atoms with Crippen molar-refractivity contribution in [3.05, 3.63) is 12.4 Å². The van der Waals surface area contributed by atoms with Crippen LogP contribution in [0.2, 0.25) is 0 Å². The lowest BCUT2D eigenvalue weighted by molar-refractivity contribution is 0.135. The highest BCUT2D eigenvalue weighted by Crippen LogP contribution is 2.24. The third kappa shape index (κ3) is 27.3. The first kappa shape index (κ1) is 43.4. The fraction of sp³-hybridized carbons (Fsp3) is 0.955. The molecule has 0 N–H and O–H groups in total. The molecule has 0 bridgehead atoms. The topological polar surface area (TPSA) is 6.48 Å². The zero-order valence-electron chi connectivity index (χ0n) is 32.5. The minimum absolute atomic E-state index is 0.638. The molecule has 1 aliphatic heterocycles.